The van der Waals surface area contributed by atoms with Crippen LogP contribution in [-0.2, 0) is 4.84 Å². The fourth-order valence-electron chi connectivity index (χ4n) is 0.808. The van der Waals surface area contributed by atoms with Crippen molar-refractivity contribution < 1.29 is 14.4 Å². The Morgan fingerprint density at radius 3 is 3.08 bits per heavy atom. The number of thiophene rings is 1. The average Bonchev–Trinajstić information content (AvgIpc) is 2.61. The first-order valence-electron chi connectivity index (χ1n) is 3.83. The summed E-state index contributed by atoms with van der Waals surface area (Å²) < 4.78 is 4.98. The monoisotopic (exact) mass is 201 g/mol. The highest BCUT2D eigenvalue weighted by atomic mass is 32.1. The molecule has 1 N–H and O–H groups in total. The number of amides is 1. The molecule has 72 valence electrons. The van der Waals surface area contributed by atoms with Crippen molar-refractivity contribution in [3.05, 3.63) is 16.3 Å². The molecule has 4 nitrogen and oxygen atoms in total. The largest absolute Gasteiger partial charge is 0.495 e. The number of ether oxygens (including phenoxy) is 1. The molecule has 0 fully saturated rings. The number of carbonyl (C=O) groups is 1. The smallest absolute Gasteiger partial charge is 0.288 e. The van der Waals surface area contributed by atoms with Crippen molar-refractivity contribution in [2.24, 2.45) is 0 Å². The van der Waals surface area contributed by atoms with Gasteiger partial charge in [-0.3, -0.25) is 9.63 Å². The van der Waals surface area contributed by atoms with E-state index < -0.39 is 0 Å². The Labute approximate surface area is 80.4 Å². The molecular formula is C8H11NO3S. The topological polar surface area (TPSA) is 47.6 Å². The van der Waals surface area contributed by atoms with Crippen LogP contribution < -0.4 is 10.2 Å². The third-order valence-electron chi connectivity index (χ3n) is 1.36. The van der Waals surface area contributed by atoms with E-state index in [-0.39, 0.29) is 5.91 Å². The molecule has 0 radical (unpaired) electrons. The number of rotatable bonds is 4. The molecule has 0 saturated carbocycles. The Hall–Kier alpha value is -1.07. The van der Waals surface area contributed by atoms with E-state index in [9.17, 15) is 4.79 Å². The summed E-state index contributed by atoms with van der Waals surface area (Å²) in [5, 5.41) is 1.79. The third kappa shape index (κ3) is 2.43. The second-order valence-corrected chi connectivity index (χ2v) is 3.10. The summed E-state index contributed by atoms with van der Waals surface area (Å²) >= 11 is 1.32. The average molecular weight is 201 g/mol. The minimum absolute atomic E-state index is 0.270. The molecule has 5 heteroatoms. The second kappa shape index (κ2) is 4.84. The van der Waals surface area contributed by atoms with E-state index in [0.29, 0.717) is 17.2 Å². The summed E-state index contributed by atoms with van der Waals surface area (Å²) in [4.78, 5) is 16.6. The molecule has 1 rings (SSSR count). The zero-order valence-corrected chi connectivity index (χ0v) is 8.31. The summed E-state index contributed by atoms with van der Waals surface area (Å²) in [5.41, 5.74) is 2.30. The van der Waals surface area contributed by atoms with Gasteiger partial charge >= 0.3 is 0 Å². The van der Waals surface area contributed by atoms with Crippen LogP contribution in [0.1, 0.15) is 16.6 Å². The Morgan fingerprint density at radius 1 is 1.69 bits per heavy atom. The van der Waals surface area contributed by atoms with Crippen LogP contribution in [0.15, 0.2) is 11.4 Å². The van der Waals surface area contributed by atoms with Crippen LogP contribution in [-0.4, -0.2) is 19.6 Å². The first kappa shape index (κ1) is 10.0. The molecule has 0 aromatic carbocycles. The maximum atomic E-state index is 11.3. The molecule has 0 aliphatic heterocycles. The Kier molecular flexibility index (Phi) is 3.72. The molecule has 0 spiro atoms. The number of hydrogen-bond donors (Lipinski definition) is 1. The summed E-state index contributed by atoms with van der Waals surface area (Å²) in [6.45, 7) is 2.24. The van der Waals surface area contributed by atoms with Crippen molar-refractivity contribution in [1.82, 2.24) is 5.48 Å². The van der Waals surface area contributed by atoms with E-state index >= 15 is 0 Å². The highest BCUT2D eigenvalue weighted by Gasteiger charge is 2.12. The highest BCUT2D eigenvalue weighted by molar-refractivity contribution is 7.12. The van der Waals surface area contributed by atoms with Gasteiger partial charge in [-0.2, -0.15) is 0 Å². The first-order chi connectivity index (χ1) is 6.29. The molecule has 1 aromatic rings. The van der Waals surface area contributed by atoms with Gasteiger partial charge in [0.1, 0.15) is 10.6 Å². The van der Waals surface area contributed by atoms with Crippen LogP contribution in [0.5, 0.6) is 5.75 Å². The van der Waals surface area contributed by atoms with Crippen LogP contribution >= 0.6 is 11.3 Å². The molecular weight excluding hydrogens is 190 g/mol. The molecule has 0 saturated heterocycles. The van der Waals surface area contributed by atoms with E-state index in [2.05, 4.69) is 5.48 Å². The summed E-state index contributed by atoms with van der Waals surface area (Å²) in [6.07, 6.45) is 0. The van der Waals surface area contributed by atoms with Crippen molar-refractivity contribution in [2.75, 3.05) is 13.7 Å². The van der Waals surface area contributed by atoms with Gasteiger partial charge in [0, 0.05) is 0 Å². The molecule has 1 aromatic heterocycles. The van der Waals surface area contributed by atoms with Crippen LogP contribution in [0, 0.1) is 0 Å². The lowest BCUT2D eigenvalue weighted by Gasteiger charge is -2.03. The van der Waals surface area contributed by atoms with E-state index in [1.165, 1.54) is 18.4 Å². The molecule has 0 atom stereocenters. The minimum atomic E-state index is -0.270. The van der Waals surface area contributed by atoms with Crippen LogP contribution in [0.4, 0.5) is 0 Å². The molecule has 0 aliphatic rings. The van der Waals surface area contributed by atoms with Crippen LogP contribution in [0.2, 0.25) is 0 Å². The SMILES string of the molecule is CCONC(=O)c1sccc1OC. The van der Waals surface area contributed by atoms with Crippen LogP contribution in [0.3, 0.4) is 0 Å². The first-order valence-corrected chi connectivity index (χ1v) is 4.71. The van der Waals surface area contributed by atoms with E-state index in [1.54, 1.807) is 18.4 Å². The van der Waals surface area contributed by atoms with Gasteiger partial charge in [-0.05, 0) is 18.4 Å². The van der Waals surface area contributed by atoms with Crippen molar-refractivity contribution in [2.45, 2.75) is 6.92 Å². The quantitative estimate of drug-likeness (QED) is 0.750. The molecule has 13 heavy (non-hydrogen) atoms. The second-order valence-electron chi connectivity index (χ2n) is 2.18. The number of methoxy groups -OCH3 is 1. The van der Waals surface area contributed by atoms with Crippen molar-refractivity contribution in [1.29, 1.82) is 0 Å². The summed E-state index contributed by atoms with van der Waals surface area (Å²) in [5.74, 6) is 0.302. The maximum absolute atomic E-state index is 11.3. The van der Waals surface area contributed by atoms with Gasteiger partial charge in [-0.1, -0.05) is 0 Å². The lowest BCUT2D eigenvalue weighted by atomic mass is 10.4. The number of hydrogen-bond acceptors (Lipinski definition) is 4. The van der Waals surface area contributed by atoms with Gasteiger partial charge in [0.15, 0.2) is 0 Å². The van der Waals surface area contributed by atoms with Crippen molar-refractivity contribution in [3.63, 3.8) is 0 Å². The third-order valence-corrected chi connectivity index (χ3v) is 2.26. The number of hydroxylamine groups is 1. The lowest BCUT2D eigenvalue weighted by molar-refractivity contribution is 0.0366. The zero-order valence-electron chi connectivity index (χ0n) is 7.49. The molecule has 0 aliphatic carbocycles. The fraction of sp³-hybridized carbons (Fsp3) is 0.375. The van der Waals surface area contributed by atoms with Gasteiger partial charge in [0.2, 0.25) is 0 Å². The molecule has 1 heterocycles. The van der Waals surface area contributed by atoms with E-state index in [0.717, 1.165) is 0 Å². The predicted molar refractivity (Wildman–Crippen MR) is 50.0 cm³/mol. The molecule has 1 amide bonds. The van der Waals surface area contributed by atoms with Gasteiger partial charge in [-0.25, -0.2) is 5.48 Å². The van der Waals surface area contributed by atoms with Crippen molar-refractivity contribution in [3.8, 4) is 5.75 Å². The predicted octanol–water partition coefficient (Wildman–Crippen LogP) is 1.44. The van der Waals surface area contributed by atoms with E-state index in [1.807, 2.05) is 0 Å². The normalized spacial score (nSPS) is 9.69. The Balaban J connectivity index is 2.65. The lowest BCUT2D eigenvalue weighted by Crippen LogP contribution is -2.22. The maximum Gasteiger partial charge on any atom is 0.288 e. The van der Waals surface area contributed by atoms with Gasteiger partial charge < -0.3 is 4.74 Å². The van der Waals surface area contributed by atoms with E-state index in [4.69, 9.17) is 9.57 Å². The Bertz CT molecular complexity index is 285. The number of carbonyl (C=O) groups excluding carboxylic acids is 1. The number of nitrogens with one attached hydrogen (secondary N) is 1. The fourth-order valence-corrected chi connectivity index (χ4v) is 1.55. The van der Waals surface area contributed by atoms with Gasteiger partial charge in [0.05, 0.1) is 13.7 Å². The summed E-state index contributed by atoms with van der Waals surface area (Å²) in [7, 11) is 1.53. The molecule has 0 unspecified atom stereocenters. The zero-order chi connectivity index (χ0) is 9.68. The summed E-state index contributed by atoms with van der Waals surface area (Å²) in [6, 6.07) is 1.74. The standard InChI is InChI=1S/C8H11NO3S/c1-3-12-9-8(10)7-6(11-2)4-5-13-7/h4-5H,3H2,1-2H3,(H,9,10). The highest BCUT2D eigenvalue weighted by Crippen LogP contribution is 2.23. The Morgan fingerprint density at radius 2 is 2.46 bits per heavy atom. The molecule has 0 bridgehead atoms. The van der Waals surface area contributed by atoms with Crippen LogP contribution in [0.25, 0.3) is 0 Å². The minimum Gasteiger partial charge on any atom is -0.495 e. The van der Waals surface area contributed by atoms with Crippen molar-refractivity contribution >= 4 is 17.2 Å². The van der Waals surface area contributed by atoms with Gasteiger partial charge in [0.25, 0.3) is 5.91 Å². The van der Waals surface area contributed by atoms with Gasteiger partial charge in [-0.15, -0.1) is 11.3 Å².